The minimum absolute atomic E-state index is 0.00741. The van der Waals surface area contributed by atoms with Crippen LogP contribution in [0.25, 0.3) is 0 Å². The molecule has 21 heavy (non-hydrogen) atoms. The van der Waals surface area contributed by atoms with E-state index in [4.69, 9.17) is 11.6 Å². The number of benzene rings is 1. The summed E-state index contributed by atoms with van der Waals surface area (Å²) in [5.41, 5.74) is 0.790. The fraction of sp³-hybridized carbons (Fsp3) is 0.588. The highest BCUT2D eigenvalue weighted by atomic mass is 35.5. The predicted octanol–water partition coefficient (Wildman–Crippen LogP) is 4.23. The summed E-state index contributed by atoms with van der Waals surface area (Å²) in [6.07, 6.45) is 7.61. The molecule has 0 radical (unpaired) electrons. The van der Waals surface area contributed by atoms with Gasteiger partial charge in [-0.1, -0.05) is 31.4 Å². The highest BCUT2D eigenvalue weighted by molar-refractivity contribution is 6.30. The zero-order valence-corrected chi connectivity index (χ0v) is 13.5. The monoisotopic (exact) mass is 308 g/mol. The maximum atomic E-state index is 11.9. The Morgan fingerprint density at radius 1 is 1.19 bits per heavy atom. The van der Waals surface area contributed by atoms with Crippen molar-refractivity contribution in [2.24, 2.45) is 5.92 Å². The van der Waals surface area contributed by atoms with Crippen LogP contribution in [0.5, 0.6) is 0 Å². The van der Waals surface area contributed by atoms with Gasteiger partial charge in [0.1, 0.15) is 0 Å². The van der Waals surface area contributed by atoms with Crippen molar-refractivity contribution in [1.29, 1.82) is 0 Å². The molecule has 1 aliphatic carbocycles. The van der Waals surface area contributed by atoms with Crippen LogP contribution >= 0.6 is 11.6 Å². The number of hydrogen-bond acceptors (Lipinski definition) is 2. The Hall–Kier alpha value is -1.06. The first-order valence-corrected chi connectivity index (χ1v) is 8.34. The van der Waals surface area contributed by atoms with Crippen molar-refractivity contribution in [2.75, 3.05) is 11.9 Å². The summed E-state index contributed by atoms with van der Waals surface area (Å²) in [6.45, 7) is 2.64. The molecule has 0 saturated heterocycles. The summed E-state index contributed by atoms with van der Waals surface area (Å²) >= 11 is 5.82. The van der Waals surface area contributed by atoms with E-state index in [1.165, 1.54) is 38.5 Å². The Morgan fingerprint density at radius 2 is 1.86 bits per heavy atom. The maximum Gasteiger partial charge on any atom is 0.238 e. The minimum Gasteiger partial charge on any atom is -0.325 e. The molecule has 2 rings (SSSR count). The number of rotatable bonds is 6. The van der Waals surface area contributed by atoms with E-state index >= 15 is 0 Å². The molecule has 0 spiro atoms. The number of anilines is 1. The molecule has 0 heterocycles. The van der Waals surface area contributed by atoms with Crippen LogP contribution in [0.3, 0.4) is 0 Å². The molecule has 0 aliphatic heterocycles. The van der Waals surface area contributed by atoms with E-state index in [0.717, 1.165) is 11.6 Å². The van der Waals surface area contributed by atoms with Gasteiger partial charge in [-0.2, -0.15) is 0 Å². The van der Waals surface area contributed by atoms with Crippen molar-refractivity contribution >= 4 is 23.2 Å². The summed E-state index contributed by atoms with van der Waals surface area (Å²) in [6, 6.07) is 7.68. The molecular weight excluding hydrogens is 284 g/mol. The lowest BCUT2D eigenvalue weighted by Gasteiger charge is -2.28. The topological polar surface area (TPSA) is 41.1 Å². The van der Waals surface area contributed by atoms with Crippen LogP contribution in [0.1, 0.15) is 45.4 Å². The van der Waals surface area contributed by atoms with Crippen LogP contribution in [0.4, 0.5) is 5.69 Å². The number of amides is 1. The van der Waals surface area contributed by atoms with Crippen molar-refractivity contribution in [3.63, 3.8) is 0 Å². The molecule has 0 unspecified atom stereocenters. The molecule has 116 valence electrons. The highest BCUT2D eigenvalue weighted by Gasteiger charge is 2.20. The van der Waals surface area contributed by atoms with Crippen molar-refractivity contribution in [1.82, 2.24) is 5.32 Å². The Morgan fingerprint density at radius 3 is 2.48 bits per heavy atom. The van der Waals surface area contributed by atoms with E-state index < -0.39 is 0 Å². The van der Waals surface area contributed by atoms with E-state index in [1.54, 1.807) is 12.1 Å². The van der Waals surface area contributed by atoms with E-state index in [0.29, 0.717) is 17.6 Å². The Balaban J connectivity index is 1.66. The molecule has 2 N–H and O–H groups in total. The van der Waals surface area contributed by atoms with Gasteiger partial charge >= 0.3 is 0 Å². The molecule has 1 amide bonds. The van der Waals surface area contributed by atoms with E-state index in [-0.39, 0.29) is 5.91 Å². The normalized spacial score (nSPS) is 22.0. The average molecular weight is 309 g/mol. The van der Waals surface area contributed by atoms with Crippen molar-refractivity contribution in [2.45, 2.75) is 51.5 Å². The molecule has 0 atom stereocenters. The van der Waals surface area contributed by atoms with Gasteiger partial charge in [-0.3, -0.25) is 4.79 Å². The largest absolute Gasteiger partial charge is 0.325 e. The molecule has 1 aliphatic rings. The molecular formula is C17H25ClN2O. The second kappa shape index (κ2) is 8.40. The zero-order valence-electron chi connectivity index (χ0n) is 12.7. The van der Waals surface area contributed by atoms with Crippen LogP contribution in [0.15, 0.2) is 24.3 Å². The van der Waals surface area contributed by atoms with Crippen LogP contribution in [-0.2, 0) is 4.79 Å². The molecule has 0 aromatic heterocycles. The van der Waals surface area contributed by atoms with Gasteiger partial charge in [0.05, 0.1) is 6.54 Å². The Bertz CT molecular complexity index is 439. The van der Waals surface area contributed by atoms with Crippen molar-refractivity contribution in [3.8, 4) is 0 Å². The van der Waals surface area contributed by atoms with Crippen LogP contribution < -0.4 is 10.6 Å². The van der Waals surface area contributed by atoms with E-state index in [2.05, 4.69) is 17.6 Å². The first-order chi connectivity index (χ1) is 10.2. The van der Waals surface area contributed by atoms with Gasteiger partial charge in [-0.05, 0) is 55.9 Å². The second-order valence-corrected chi connectivity index (χ2v) is 6.38. The standard InChI is InChI=1S/C17H25ClN2O/c1-2-3-13-4-8-15(9-5-13)19-12-17(21)20-16-10-6-14(18)7-11-16/h6-7,10-11,13,15,19H,2-5,8-9,12H2,1H3,(H,20,21). The van der Waals surface area contributed by atoms with Gasteiger partial charge in [0, 0.05) is 16.8 Å². The summed E-state index contributed by atoms with van der Waals surface area (Å²) in [5.74, 6) is 0.906. The van der Waals surface area contributed by atoms with E-state index in [9.17, 15) is 4.79 Å². The second-order valence-electron chi connectivity index (χ2n) is 5.94. The molecule has 1 aromatic carbocycles. The lowest BCUT2D eigenvalue weighted by atomic mass is 9.83. The van der Waals surface area contributed by atoms with Crippen molar-refractivity contribution < 1.29 is 4.79 Å². The summed E-state index contributed by atoms with van der Waals surface area (Å²) in [5, 5.41) is 6.93. The fourth-order valence-corrected chi connectivity index (χ4v) is 3.16. The summed E-state index contributed by atoms with van der Waals surface area (Å²) < 4.78 is 0. The minimum atomic E-state index is 0.00741. The average Bonchev–Trinajstić information content (AvgIpc) is 2.49. The maximum absolute atomic E-state index is 11.9. The fourth-order valence-electron chi connectivity index (χ4n) is 3.04. The third kappa shape index (κ3) is 5.68. The quantitative estimate of drug-likeness (QED) is 0.826. The molecule has 1 fully saturated rings. The van der Waals surface area contributed by atoms with Crippen LogP contribution in [-0.4, -0.2) is 18.5 Å². The van der Waals surface area contributed by atoms with E-state index in [1.807, 2.05) is 12.1 Å². The SMILES string of the molecule is CCCC1CCC(NCC(=O)Nc2ccc(Cl)cc2)CC1. The zero-order chi connectivity index (χ0) is 15.1. The predicted molar refractivity (Wildman–Crippen MR) is 88.7 cm³/mol. The number of nitrogens with one attached hydrogen (secondary N) is 2. The Kier molecular flexibility index (Phi) is 6.52. The first-order valence-electron chi connectivity index (χ1n) is 7.96. The molecule has 0 bridgehead atoms. The summed E-state index contributed by atoms with van der Waals surface area (Å²) in [4.78, 5) is 11.9. The first kappa shape index (κ1) is 16.3. The smallest absolute Gasteiger partial charge is 0.238 e. The number of carbonyl (C=O) groups excluding carboxylic acids is 1. The number of halogens is 1. The van der Waals surface area contributed by atoms with Crippen molar-refractivity contribution in [3.05, 3.63) is 29.3 Å². The highest BCUT2D eigenvalue weighted by Crippen LogP contribution is 2.27. The lowest BCUT2D eigenvalue weighted by molar-refractivity contribution is -0.115. The molecule has 4 heteroatoms. The third-order valence-electron chi connectivity index (χ3n) is 4.22. The van der Waals surface area contributed by atoms with Gasteiger partial charge in [-0.25, -0.2) is 0 Å². The molecule has 3 nitrogen and oxygen atoms in total. The molecule has 1 saturated carbocycles. The van der Waals surface area contributed by atoms with Crippen LogP contribution in [0.2, 0.25) is 5.02 Å². The van der Waals surface area contributed by atoms with Gasteiger partial charge in [0.2, 0.25) is 5.91 Å². The molecule has 1 aromatic rings. The van der Waals surface area contributed by atoms with Gasteiger partial charge in [0.25, 0.3) is 0 Å². The summed E-state index contributed by atoms with van der Waals surface area (Å²) in [7, 11) is 0. The number of carbonyl (C=O) groups is 1. The third-order valence-corrected chi connectivity index (χ3v) is 4.47. The van der Waals surface area contributed by atoms with Gasteiger partial charge in [0.15, 0.2) is 0 Å². The van der Waals surface area contributed by atoms with Gasteiger partial charge in [-0.15, -0.1) is 0 Å². The number of hydrogen-bond donors (Lipinski definition) is 2. The lowest BCUT2D eigenvalue weighted by Crippen LogP contribution is -2.38. The van der Waals surface area contributed by atoms with Gasteiger partial charge < -0.3 is 10.6 Å². The Labute approximate surface area is 132 Å². The van der Waals surface area contributed by atoms with Crippen LogP contribution in [0, 0.1) is 5.92 Å².